The van der Waals surface area contributed by atoms with Crippen molar-refractivity contribution in [3.63, 3.8) is 0 Å². The minimum absolute atomic E-state index is 0.572. The zero-order valence-electron chi connectivity index (χ0n) is 18.8. The van der Waals surface area contributed by atoms with Crippen LogP contribution in [0, 0.1) is 18.8 Å². The summed E-state index contributed by atoms with van der Waals surface area (Å²) < 4.78 is 13.5. The lowest BCUT2D eigenvalue weighted by Crippen LogP contribution is -2.31. The number of nitrogens with zero attached hydrogens (tertiary/aromatic N) is 5. The van der Waals surface area contributed by atoms with Gasteiger partial charge in [-0.15, -0.1) is 16.4 Å². The van der Waals surface area contributed by atoms with Crippen molar-refractivity contribution in [1.82, 2.24) is 14.6 Å². The third-order valence-corrected chi connectivity index (χ3v) is 7.25. The molecule has 7 nitrogen and oxygen atoms in total. The first-order valence-electron chi connectivity index (χ1n) is 11.1. The van der Waals surface area contributed by atoms with E-state index in [1.54, 1.807) is 18.4 Å². The molecule has 1 aliphatic heterocycles. The van der Waals surface area contributed by atoms with Crippen LogP contribution < -0.4 is 14.5 Å². The summed E-state index contributed by atoms with van der Waals surface area (Å²) in [4.78, 5) is 10.3. The number of aryl methyl sites for hydroxylation is 1. The number of fused-ring (bicyclic) bond motifs is 1. The summed E-state index contributed by atoms with van der Waals surface area (Å²) in [5, 5.41) is 7.08. The highest BCUT2D eigenvalue weighted by atomic mass is 32.1. The fourth-order valence-corrected chi connectivity index (χ4v) is 5.37. The number of hydrogen-bond donors (Lipinski definition) is 0. The Balaban J connectivity index is 1.55. The van der Waals surface area contributed by atoms with E-state index in [0.717, 1.165) is 66.2 Å². The van der Waals surface area contributed by atoms with Gasteiger partial charge in [0.1, 0.15) is 16.3 Å². The largest absolute Gasteiger partial charge is 0.478 e. The molecule has 1 unspecified atom stereocenters. The Kier molecular flexibility index (Phi) is 5.52. The molecule has 31 heavy (non-hydrogen) atoms. The first-order chi connectivity index (χ1) is 15.0. The fourth-order valence-electron chi connectivity index (χ4n) is 4.35. The molecule has 1 atom stereocenters. The second kappa shape index (κ2) is 8.31. The van der Waals surface area contributed by atoms with Crippen molar-refractivity contribution in [3.8, 4) is 17.1 Å². The molecule has 0 spiro atoms. The normalized spacial score (nSPS) is 18.6. The molecule has 3 aromatic rings. The maximum absolute atomic E-state index is 5.79. The van der Waals surface area contributed by atoms with Crippen LogP contribution >= 0.6 is 11.3 Å². The van der Waals surface area contributed by atoms with Crippen molar-refractivity contribution in [3.05, 3.63) is 23.2 Å². The lowest BCUT2D eigenvalue weighted by Gasteiger charge is -2.26. The van der Waals surface area contributed by atoms with Crippen LogP contribution in [-0.4, -0.2) is 62.1 Å². The van der Waals surface area contributed by atoms with E-state index < -0.39 is 0 Å². The van der Waals surface area contributed by atoms with Crippen LogP contribution in [-0.2, 0) is 4.74 Å². The molecule has 0 N–H and O–H groups in total. The molecule has 8 heteroatoms. The molecule has 0 aromatic carbocycles. The molecular formula is C23H31N5O2S. The van der Waals surface area contributed by atoms with Gasteiger partial charge in [0, 0.05) is 56.9 Å². The molecule has 1 saturated carbocycles. The molecule has 166 valence electrons. The second-order valence-corrected chi connectivity index (χ2v) is 9.88. The molecule has 0 amide bonds. The molecule has 4 heterocycles. The quantitative estimate of drug-likeness (QED) is 0.525. The van der Waals surface area contributed by atoms with E-state index in [4.69, 9.17) is 14.6 Å². The van der Waals surface area contributed by atoms with E-state index >= 15 is 0 Å². The first-order valence-corrected chi connectivity index (χ1v) is 11.9. The van der Waals surface area contributed by atoms with Crippen molar-refractivity contribution < 1.29 is 9.47 Å². The van der Waals surface area contributed by atoms with E-state index in [1.807, 2.05) is 29.7 Å². The summed E-state index contributed by atoms with van der Waals surface area (Å²) in [6.45, 7) is 5.93. The van der Waals surface area contributed by atoms with Gasteiger partial charge in [-0.2, -0.15) is 0 Å². The number of rotatable bonds is 8. The predicted molar refractivity (Wildman–Crippen MR) is 126 cm³/mol. The fraction of sp³-hybridized carbons (Fsp3) is 0.565. The van der Waals surface area contributed by atoms with Crippen molar-refractivity contribution in [1.29, 1.82) is 0 Å². The molecule has 2 fully saturated rings. The number of thiazole rings is 1. The SMILES string of the molecule is COc1nn2c(-c3cnc(N(C)C)cc3C)csc2c1N(CC1CC1)CC1CCOC1. The maximum atomic E-state index is 5.79. The molecule has 0 bridgehead atoms. The van der Waals surface area contributed by atoms with Gasteiger partial charge in [0.25, 0.3) is 5.88 Å². The highest BCUT2D eigenvalue weighted by molar-refractivity contribution is 7.16. The zero-order valence-corrected chi connectivity index (χ0v) is 19.6. The van der Waals surface area contributed by atoms with E-state index in [-0.39, 0.29) is 0 Å². The van der Waals surface area contributed by atoms with Crippen LogP contribution in [0.5, 0.6) is 5.88 Å². The lowest BCUT2D eigenvalue weighted by molar-refractivity contribution is 0.186. The van der Waals surface area contributed by atoms with Crippen LogP contribution in [0.15, 0.2) is 17.6 Å². The second-order valence-electron chi connectivity index (χ2n) is 9.03. The van der Waals surface area contributed by atoms with E-state index in [1.165, 1.54) is 18.4 Å². The standard InChI is InChI=1S/C23H31N5O2S/c1-15-9-20(26(2)3)24-10-18(15)19-14-31-23-21(22(29-4)25-28(19)23)27(11-16-5-6-16)12-17-7-8-30-13-17/h9-10,14,16-17H,5-8,11-13H2,1-4H3. The highest BCUT2D eigenvalue weighted by Crippen LogP contribution is 2.42. The Labute approximate surface area is 187 Å². The Morgan fingerprint density at radius 2 is 2.03 bits per heavy atom. The van der Waals surface area contributed by atoms with Crippen molar-refractivity contribution >= 4 is 27.7 Å². The summed E-state index contributed by atoms with van der Waals surface area (Å²) >= 11 is 1.73. The summed E-state index contributed by atoms with van der Waals surface area (Å²) in [7, 11) is 5.75. The van der Waals surface area contributed by atoms with Crippen molar-refractivity contribution in [2.75, 3.05) is 57.3 Å². The van der Waals surface area contributed by atoms with Crippen LogP contribution in [0.25, 0.3) is 16.1 Å². The van der Waals surface area contributed by atoms with Gasteiger partial charge in [0.2, 0.25) is 0 Å². The number of pyridine rings is 1. The third-order valence-electron chi connectivity index (χ3n) is 6.32. The van der Waals surface area contributed by atoms with Gasteiger partial charge in [0.15, 0.2) is 0 Å². The van der Waals surface area contributed by atoms with Crippen LogP contribution in [0.3, 0.4) is 0 Å². The average molecular weight is 442 g/mol. The molecule has 1 saturated heterocycles. The van der Waals surface area contributed by atoms with Gasteiger partial charge >= 0.3 is 0 Å². The monoisotopic (exact) mass is 441 g/mol. The summed E-state index contributed by atoms with van der Waals surface area (Å²) in [6, 6.07) is 2.12. The molecule has 1 aliphatic carbocycles. The van der Waals surface area contributed by atoms with Gasteiger partial charge in [-0.1, -0.05) is 0 Å². The van der Waals surface area contributed by atoms with Gasteiger partial charge in [-0.3, -0.25) is 0 Å². The van der Waals surface area contributed by atoms with E-state index in [0.29, 0.717) is 11.8 Å². The summed E-state index contributed by atoms with van der Waals surface area (Å²) in [6.07, 6.45) is 5.73. The number of methoxy groups -OCH3 is 1. The Hall–Kier alpha value is -2.32. The first kappa shape index (κ1) is 20.6. The summed E-state index contributed by atoms with van der Waals surface area (Å²) in [5.41, 5.74) is 4.49. The number of anilines is 2. The maximum Gasteiger partial charge on any atom is 0.258 e. The van der Waals surface area contributed by atoms with Gasteiger partial charge in [-0.05, 0) is 43.7 Å². The van der Waals surface area contributed by atoms with Crippen molar-refractivity contribution in [2.45, 2.75) is 26.2 Å². The predicted octanol–water partition coefficient (Wildman–Crippen LogP) is 4.09. The minimum Gasteiger partial charge on any atom is -0.478 e. The highest BCUT2D eigenvalue weighted by Gasteiger charge is 2.31. The van der Waals surface area contributed by atoms with Crippen LogP contribution in [0.1, 0.15) is 24.8 Å². The topological polar surface area (TPSA) is 55.1 Å². The number of hydrogen-bond acceptors (Lipinski definition) is 7. The molecule has 0 radical (unpaired) electrons. The lowest BCUT2D eigenvalue weighted by atomic mass is 10.1. The zero-order chi connectivity index (χ0) is 21.5. The van der Waals surface area contributed by atoms with Crippen LogP contribution in [0.2, 0.25) is 0 Å². The van der Waals surface area contributed by atoms with E-state index in [9.17, 15) is 0 Å². The van der Waals surface area contributed by atoms with Gasteiger partial charge in [-0.25, -0.2) is 9.50 Å². The van der Waals surface area contributed by atoms with Crippen LogP contribution in [0.4, 0.5) is 11.5 Å². The Morgan fingerprint density at radius 3 is 2.68 bits per heavy atom. The Morgan fingerprint density at radius 1 is 1.23 bits per heavy atom. The van der Waals surface area contributed by atoms with E-state index in [2.05, 4.69) is 28.3 Å². The summed E-state index contributed by atoms with van der Waals surface area (Å²) in [5.74, 6) is 3.03. The minimum atomic E-state index is 0.572. The smallest absolute Gasteiger partial charge is 0.258 e. The molecule has 2 aliphatic rings. The molecule has 5 rings (SSSR count). The third kappa shape index (κ3) is 3.99. The number of ether oxygens (including phenoxy) is 2. The molecule has 3 aromatic heterocycles. The number of aromatic nitrogens is 3. The Bertz CT molecular complexity index is 1070. The van der Waals surface area contributed by atoms with Gasteiger partial charge < -0.3 is 19.3 Å². The van der Waals surface area contributed by atoms with Gasteiger partial charge in [0.05, 0.1) is 19.4 Å². The average Bonchev–Trinajstić information content (AvgIpc) is 3.14. The molecular weight excluding hydrogens is 410 g/mol. The van der Waals surface area contributed by atoms with Crippen molar-refractivity contribution in [2.24, 2.45) is 11.8 Å².